The van der Waals surface area contributed by atoms with Crippen molar-refractivity contribution in [2.75, 3.05) is 5.73 Å². The third-order valence-electron chi connectivity index (χ3n) is 2.78. The van der Waals surface area contributed by atoms with E-state index in [1.807, 2.05) is 42.5 Å². The summed E-state index contributed by atoms with van der Waals surface area (Å²) in [5.74, 6) is 0.468. The van der Waals surface area contributed by atoms with Crippen LogP contribution in [0.2, 0.25) is 5.02 Å². The summed E-state index contributed by atoms with van der Waals surface area (Å²) in [5.41, 5.74) is 7.48. The predicted octanol–water partition coefficient (Wildman–Crippen LogP) is 3.05. The van der Waals surface area contributed by atoms with E-state index in [0.29, 0.717) is 10.8 Å². The summed E-state index contributed by atoms with van der Waals surface area (Å²) in [6, 6.07) is 13.2. The molecule has 13 heteroatoms. The van der Waals surface area contributed by atoms with Gasteiger partial charge >= 0.3 is 17.1 Å². The van der Waals surface area contributed by atoms with E-state index in [2.05, 4.69) is 9.97 Å². The maximum absolute atomic E-state index is 8.25. The molecule has 1 aromatic carbocycles. The Kier molecular flexibility index (Phi) is 10.1. The van der Waals surface area contributed by atoms with Gasteiger partial charge in [-0.2, -0.15) is 0 Å². The number of fused-ring (bicyclic) bond motifs is 1. The van der Waals surface area contributed by atoms with Gasteiger partial charge in [0.1, 0.15) is 5.82 Å². The molecule has 3 aromatic rings. The van der Waals surface area contributed by atoms with Crippen molar-refractivity contribution < 1.29 is 27.2 Å². The van der Waals surface area contributed by atoms with E-state index in [1.165, 1.54) is 0 Å². The van der Waals surface area contributed by atoms with Crippen molar-refractivity contribution >= 4 is 28.2 Å². The Labute approximate surface area is 167 Å². The molecule has 0 atom stereocenters. The Balaban J connectivity index is 0.000000646. The number of aromatic nitrogens is 2. The van der Waals surface area contributed by atoms with E-state index in [-0.39, 0.29) is 17.1 Å². The minimum atomic E-state index is -1.75. The Bertz CT molecular complexity index is 895. The number of nitrogens with zero attached hydrogens (tertiary/aromatic N) is 4. The van der Waals surface area contributed by atoms with Crippen molar-refractivity contribution in [3.63, 3.8) is 0 Å². The summed E-state index contributed by atoms with van der Waals surface area (Å²) < 4.78 is 0. The van der Waals surface area contributed by atoms with E-state index in [9.17, 15) is 0 Å². The van der Waals surface area contributed by atoms with Crippen LogP contribution in [0.25, 0.3) is 22.2 Å². The van der Waals surface area contributed by atoms with Gasteiger partial charge in [-0.25, -0.2) is 4.98 Å². The van der Waals surface area contributed by atoms with Crippen LogP contribution in [-0.2, 0) is 17.1 Å². The number of nitrogens with two attached hydrogens (primary N) is 1. The first-order valence-electron chi connectivity index (χ1n) is 6.61. The number of anilines is 1. The number of pyridine rings is 2. The molecule has 145 valence electrons. The van der Waals surface area contributed by atoms with Crippen molar-refractivity contribution in [2.24, 2.45) is 0 Å². The van der Waals surface area contributed by atoms with Crippen LogP contribution >= 0.6 is 11.6 Å². The first-order chi connectivity index (χ1) is 12.2. The quantitative estimate of drug-likeness (QED) is 0.335. The van der Waals surface area contributed by atoms with E-state index in [0.717, 1.165) is 22.2 Å². The zero-order valence-corrected chi connectivity index (χ0v) is 14.8. The zero-order valence-electron chi connectivity index (χ0n) is 13.1. The maximum Gasteiger partial charge on any atom is 2.00 e. The molecule has 0 saturated carbocycles. The fourth-order valence-electron chi connectivity index (χ4n) is 1.91. The normalized spacial score (nSPS) is 8.93. The molecule has 2 heterocycles. The van der Waals surface area contributed by atoms with Gasteiger partial charge in [-0.15, -0.1) is 0 Å². The average molecular weight is 443 g/mol. The second-order valence-electron chi connectivity index (χ2n) is 4.39. The van der Waals surface area contributed by atoms with Crippen molar-refractivity contribution in [2.45, 2.75) is 0 Å². The molecule has 0 aliphatic carbocycles. The van der Waals surface area contributed by atoms with Crippen LogP contribution in [-0.4, -0.2) is 20.1 Å². The molecule has 27 heavy (non-hydrogen) atoms. The molecule has 0 unspecified atom stereocenters. The molecule has 3 rings (SSSR count). The number of halogens is 1. The maximum atomic E-state index is 8.25. The standard InChI is InChI=1S/C14H10ClN3.Cu.2NO3/c15-11-5-3-4-9-10(11)8-13(18-14(9)16)12-6-1-2-7-17-12;;2*2-1(3)4/h1-8H,(H2,16,18);;;/q;+2;2*-1. The molecule has 0 fully saturated rings. The zero-order chi connectivity index (χ0) is 19.7. The van der Waals surface area contributed by atoms with Crippen molar-refractivity contribution in [1.82, 2.24) is 9.97 Å². The van der Waals surface area contributed by atoms with Crippen LogP contribution in [0.5, 0.6) is 0 Å². The van der Waals surface area contributed by atoms with Gasteiger partial charge in [0.2, 0.25) is 0 Å². The average Bonchev–Trinajstić information content (AvgIpc) is 2.55. The fourth-order valence-corrected chi connectivity index (χ4v) is 2.14. The summed E-state index contributed by atoms with van der Waals surface area (Å²) in [4.78, 5) is 25.1. The molecule has 1 radical (unpaired) electrons. The number of hydrogen-bond donors (Lipinski definition) is 1. The van der Waals surface area contributed by atoms with Crippen LogP contribution < -0.4 is 5.73 Å². The van der Waals surface area contributed by atoms with Crippen LogP contribution in [0.15, 0.2) is 48.7 Å². The molecule has 0 bridgehead atoms. The Morgan fingerprint density at radius 1 is 0.889 bits per heavy atom. The molecule has 11 nitrogen and oxygen atoms in total. The van der Waals surface area contributed by atoms with Crippen LogP contribution in [0.4, 0.5) is 5.82 Å². The summed E-state index contributed by atoms with van der Waals surface area (Å²) in [6.45, 7) is 0. The number of benzene rings is 1. The van der Waals surface area contributed by atoms with Gasteiger partial charge < -0.3 is 36.4 Å². The Hall–Kier alpha value is -3.21. The topological polar surface area (TPSA) is 184 Å². The molecular weight excluding hydrogens is 433 g/mol. The molecular formula is C14H10ClCuN5O6. The second kappa shape index (κ2) is 11.4. The molecule has 0 aliphatic rings. The van der Waals surface area contributed by atoms with E-state index in [1.54, 1.807) is 6.20 Å². The van der Waals surface area contributed by atoms with Crippen molar-refractivity contribution in [3.05, 3.63) is 84.3 Å². The second-order valence-corrected chi connectivity index (χ2v) is 4.80. The summed E-state index contributed by atoms with van der Waals surface area (Å²) in [7, 11) is 0. The van der Waals surface area contributed by atoms with Gasteiger partial charge in [0.05, 0.1) is 21.6 Å². The Morgan fingerprint density at radius 3 is 2.00 bits per heavy atom. The smallest absolute Gasteiger partial charge is 0.383 e. The van der Waals surface area contributed by atoms with Gasteiger partial charge in [-0.1, -0.05) is 29.8 Å². The molecule has 0 amide bonds. The third-order valence-corrected chi connectivity index (χ3v) is 3.11. The summed E-state index contributed by atoms with van der Waals surface area (Å²) >= 11 is 6.18. The minimum Gasteiger partial charge on any atom is -0.383 e. The largest absolute Gasteiger partial charge is 2.00 e. The van der Waals surface area contributed by atoms with Gasteiger partial charge in [0.15, 0.2) is 0 Å². The van der Waals surface area contributed by atoms with Gasteiger partial charge in [-0.3, -0.25) is 4.98 Å². The monoisotopic (exact) mass is 442 g/mol. The molecule has 0 aliphatic heterocycles. The first-order valence-corrected chi connectivity index (χ1v) is 6.99. The number of rotatable bonds is 1. The minimum absolute atomic E-state index is 0. The predicted molar refractivity (Wildman–Crippen MR) is 95.1 cm³/mol. The van der Waals surface area contributed by atoms with Crippen molar-refractivity contribution in [3.8, 4) is 11.4 Å². The summed E-state index contributed by atoms with van der Waals surface area (Å²) in [5, 5.41) is 31.9. The van der Waals surface area contributed by atoms with E-state index < -0.39 is 10.2 Å². The van der Waals surface area contributed by atoms with Gasteiger partial charge in [0.25, 0.3) is 0 Å². The van der Waals surface area contributed by atoms with E-state index >= 15 is 0 Å². The van der Waals surface area contributed by atoms with Crippen LogP contribution in [0, 0.1) is 30.6 Å². The molecule has 0 spiro atoms. The summed E-state index contributed by atoms with van der Waals surface area (Å²) in [6.07, 6.45) is 1.73. The van der Waals surface area contributed by atoms with Crippen LogP contribution in [0.1, 0.15) is 0 Å². The first kappa shape index (κ1) is 23.8. The Morgan fingerprint density at radius 2 is 1.48 bits per heavy atom. The van der Waals surface area contributed by atoms with Gasteiger partial charge in [0, 0.05) is 22.0 Å². The van der Waals surface area contributed by atoms with E-state index in [4.69, 9.17) is 48.0 Å². The third kappa shape index (κ3) is 8.14. The molecule has 0 saturated heterocycles. The number of hydrogen-bond acceptors (Lipinski definition) is 9. The fraction of sp³-hybridized carbons (Fsp3) is 0. The SMILES string of the molecule is Nc1nc(-c2ccccn2)cc2c(Cl)cccc12.O=[N+]([O-])[O-].O=[N+]([O-])[O-].[Cu+2]. The van der Waals surface area contributed by atoms with Gasteiger partial charge in [-0.05, 0) is 24.3 Å². The van der Waals surface area contributed by atoms with Crippen molar-refractivity contribution in [1.29, 1.82) is 0 Å². The van der Waals surface area contributed by atoms with Crippen LogP contribution in [0.3, 0.4) is 0 Å². The number of nitrogen functional groups attached to an aromatic ring is 1. The molecule has 2 aromatic heterocycles. The molecule has 2 N–H and O–H groups in total.